The number of benzene rings is 2. The van der Waals surface area contributed by atoms with E-state index >= 15 is 0 Å². The lowest BCUT2D eigenvalue weighted by Gasteiger charge is -2.03. The van der Waals surface area contributed by atoms with Gasteiger partial charge in [-0.05, 0) is 47.1 Å². The third-order valence-electron chi connectivity index (χ3n) is 4.83. The molecule has 0 aliphatic heterocycles. The van der Waals surface area contributed by atoms with Crippen LogP contribution >= 0.6 is 43.2 Å². The second-order valence-corrected chi connectivity index (χ2v) is 9.50. The number of aryl methyl sites for hydroxylation is 1. The van der Waals surface area contributed by atoms with Crippen LogP contribution in [-0.2, 0) is 0 Å². The number of H-pyrrole nitrogens is 1. The van der Waals surface area contributed by atoms with Crippen molar-refractivity contribution >= 4 is 76.4 Å². The van der Waals surface area contributed by atoms with Gasteiger partial charge in [0.1, 0.15) is 0 Å². The first kappa shape index (κ1) is 20.2. The zero-order valence-corrected chi connectivity index (χ0v) is 20.1. The van der Waals surface area contributed by atoms with E-state index in [2.05, 4.69) is 58.4 Å². The number of para-hydroxylation sites is 1. The molecule has 0 fully saturated rings. The molecule has 3 heterocycles. The van der Waals surface area contributed by atoms with Gasteiger partial charge in [-0.2, -0.15) is 5.10 Å². The van der Waals surface area contributed by atoms with Crippen LogP contribution < -0.4 is 11.1 Å². The topological polar surface area (TPSA) is 83.3 Å². The highest BCUT2D eigenvalue weighted by atomic mass is 79.9. The molecule has 0 aliphatic rings. The van der Waals surface area contributed by atoms with Gasteiger partial charge < -0.3 is 9.40 Å². The van der Waals surface area contributed by atoms with Crippen molar-refractivity contribution in [1.82, 2.24) is 9.97 Å². The summed E-state index contributed by atoms with van der Waals surface area (Å²) < 4.78 is 7.11. The Kier molecular flexibility index (Phi) is 5.25. The Morgan fingerprint density at radius 3 is 2.94 bits per heavy atom. The molecule has 31 heavy (non-hydrogen) atoms. The first-order chi connectivity index (χ1) is 15.0. The number of aromatic nitrogens is 2. The normalized spacial score (nSPS) is 11.7. The smallest absolute Gasteiger partial charge is 0.345 e. The van der Waals surface area contributed by atoms with Gasteiger partial charge in [0.25, 0.3) is 0 Å². The molecule has 154 valence electrons. The Bertz CT molecular complexity index is 1530. The maximum Gasteiger partial charge on any atom is 0.345 e. The van der Waals surface area contributed by atoms with Crippen LogP contribution in [0, 0.1) is 6.92 Å². The molecule has 0 aliphatic carbocycles. The van der Waals surface area contributed by atoms with Crippen molar-refractivity contribution in [3.8, 4) is 11.3 Å². The molecule has 6 nitrogen and oxygen atoms in total. The van der Waals surface area contributed by atoms with Gasteiger partial charge in [0.15, 0.2) is 5.58 Å². The van der Waals surface area contributed by atoms with Crippen LogP contribution in [0.5, 0.6) is 0 Å². The lowest BCUT2D eigenvalue weighted by Crippen LogP contribution is -2.03. The Balaban J connectivity index is 1.43. The predicted molar refractivity (Wildman–Crippen MR) is 133 cm³/mol. The first-order valence-corrected chi connectivity index (χ1v) is 11.7. The number of thiazole rings is 1. The fraction of sp³-hybridized carbons (Fsp3) is 0.0455. The molecule has 0 saturated heterocycles. The minimum Gasteiger partial charge on any atom is -0.421 e. The van der Waals surface area contributed by atoms with Gasteiger partial charge in [-0.25, -0.2) is 9.78 Å². The summed E-state index contributed by atoms with van der Waals surface area (Å²) in [5, 5.41) is 8.63. The summed E-state index contributed by atoms with van der Waals surface area (Å²) in [7, 11) is 0. The molecular formula is C22H14Br2N4O2S. The Hall–Kier alpha value is -2.75. The van der Waals surface area contributed by atoms with E-state index in [1.807, 2.05) is 37.3 Å². The van der Waals surface area contributed by atoms with E-state index in [9.17, 15) is 4.79 Å². The van der Waals surface area contributed by atoms with Gasteiger partial charge in [0.2, 0.25) is 5.13 Å². The summed E-state index contributed by atoms with van der Waals surface area (Å²) in [5.41, 5.74) is 7.09. The van der Waals surface area contributed by atoms with Crippen molar-refractivity contribution in [3.05, 3.63) is 78.5 Å². The van der Waals surface area contributed by atoms with Crippen LogP contribution in [-0.4, -0.2) is 16.2 Å². The van der Waals surface area contributed by atoms with Crippen molar-refractivity contribution < 1.29 is 4.42 Å². The van der Waals surface area contributed by atoms with E-state index in [1.165, 1.54) is 11.3 Å². The van der Waals surface area contributed by atoms with Gasteiger partial charge in [0.05, 0.1) is 21.9 Å². The van der Waals surface area contributed by atoms with Crippen molar-refractivity contribution in [1.29, 1.82) is 0 Å². The lowest BCUT2D eigenvalue weighted by atomic mass is 10.1. The molecular weight excluding hydrogens is 544 g/mol. The number of nitrogens with one attached hydrogen (secondary N) is 2. The third kappa shape index (κ3) is 3.84. The largest absolute Gasteiger partial charge is 0.421 e. The number of anilines is 1. The highest BCUT2D eigenvalue weighted by molar-refractivity contribution is 9.11. The fourth-order valence-corrected chi connectivity index (χ4v) is 5.40. The maximum atomic E-state index is 12.5. The molecule has 3 aromatic heterocycles. The van der Waals surface area contributed by atoms with E-state index in [-0.39, 0.29) is 0 Å². The summed E-state index contributed by atoms with van der Waals surface area (Å²) in [4.78, 5) is 20.4. The zero-order valence-electron chi connectivity index (χ0n) is 16.1. The number of fused-ring (bicyclic) bond motifs is 2. The molecule has 0 radical (unpaired) electrons. The number of rotatable bonds is 4. The number of hydrazone groups is 1. The van der Waals surface area contributed by atoms with Gasteiger partial charge in [0, 0.05) is 37.4 Å². The number of nitrogens with zero attached hydrogens (tertiary/aromatic N) is 2. The Morgan fingerprint density at radius 2 is 2.06 bits per heavy atom. The fourth-order valence-electron chi connectivity index (χ4n) is 3.40. The van der Waals surface area contributed by atoms with Crippen LogP contribution in [0.3, 0.4) is 0 Å². The number of hydrogen-bond acceptors (Lipinski definition) is 6. The molecule has 0 unspecified atom stereocenters. The molecule has 0 bridgehead atoms. The minimum absolute atomic E-state index is 0.401. The number of aromatic amines is 1. The van der Waals surface area contributed by atoms with Crippen LogP contribution in [0.4, 0.5) is 5.13 Å². The second kappa shape index (κ2) is 8.07. The van der Waals surface area contributed by atoms with E-state index in [0.717, 1.165) is 32.0 Å². The van der Waals surface area contributed by atoms with Crippen LogP contribution in [0.15, 0.2) is 71.1 Å². The minimum atomic E-state index is -0.440. The quantitative estimate of drug-likeness (QED) is 0.147. The molecule has 0 atom stereocenters. The summed E-state index contributed by atoms with van der Waals surface area (Å²) >= 11 is 8.25. The van der Waals surface area contributed by atoms with Crippen LogP contribution in [0.2, 0.25) is 0 Å². The summed E-state index contributed by atoms with van der Waals surface area (Å²) in [6.45, 7) is 2.01. The monoisotopic (exact) mass is 556 g/mol. The molecule has 0 spiro atoms. The lowest BCUT2D eigenvalue weighted by molar-refractivity contribution is 0.561. The molecule has 2 aromatic carbocycles. The maximum absolute atomic E-state index is 12.5. The average molecular weight is 558 g/mol. The van der Waals surface area contributed by atoms with E-state index in [0.29, 0.717) is 26.4 Å². The summed E-state index contributed by atoms with van der Waals surface area (Å²) in [5.74, 6) is 0. The highest BCUT2D eigenvalue weighted by Gasteiger charge is 2.14. The van der Waals surface area contributed by atoms with Crippen molar-refractivity contribution in [2.75, 3.05) is 5.43 Å². The Morgan fingerprint density at radius 1 is 1.23 bits per heavy atom. The standard InChI is InChI=1S/C22H14Br2N4O2S/c1-11-16(14-4-2-3-5-18(14)26-11)9-25-28-22-27-19(10-31-22)15-7-12-6-13(23)8-17(24)20(12)30-21(15)29/h2-10,26H,1H3,(H,27,28)/b25-9+. The summed E-state index contributed by atoms with van der Waals surface area (Å²) in [6.07, 6.45) is 1.77. The van der Waals surface area contributed by atoms with Crippen molar-refractivity contribution in [2.24, 2.45) is 5.10 Å². The van der Waals surface area contributed by atoms with Crippen LogP contribution in [0.25, 0.3) is 33.1 Å². The van der Waals surface area contributed by atoms with Gasteiger partial charge in [-0.1, -0.05) is 34.1 Å². The molecule has 5 aromatic rings. The van der Waals surface area contributed by atoms with Gasteiger partial charge in [-0.3, -0.25) is 5.43 Å². The second-order valence-electron chi connectivity index (χ2n) is 6.87. The SMILES string of the molecule is Cc1[nH]c2ccccc2c1/C=N/Nc1nc(-c2cc3cc(Br)cc(Br)c3oc2=O)cs1. The van der Waals surface area contributed by atoms with Gasteiger partial charge >= 0.3 is 5.63 Å². The van der Waals surface area contributed by atoms with Gasteiger partial charge in [-0.15, -0.1) is 11.3 Å². The zero-order chi connectivity index (χ0) is 21.5. The van der Waals surface area contributed by atoms with Crippen molar-refractivity contribution in [3.63, 3.8) is 0 Å². The first-order valence-electron chi connectivity index (χ1n) is 9.25. The highest BCUT2D eigenvalue weighted by Crippen LogP contribution is 2.31. The average Bonchev–Trinajstić information content (AvgIpc) is 3.33. The third-order valence-corrected chi connectivity index (χ3v) is 6.62. The molecule has 5 rings (SSSR count). The Labute approximate surface area is 197 Å². The van der Waals surface area contributed by atoms with E-state index < -0.39 is 5.63 Å². The van der Waals surface area contributed by atoms with E-state index in [1.54, 1.807) is 17.7 Å². The predicted octanol–water partition coefficient (Wildman–Crippen LogP) is 6.68. The van der Waals surface area contributed by atoms with E-state index in [4.69, 9.17) is 4.42 Å². The number of halogens is 2. The molecule has 9 heteroatoms. The summed E-state index contributed by atoms with van der Waals surface area (Å²) in [6, 6.07) is 13.6. The molecule has 0 amide bonds. The number of hydrogen-bond donors (Lipinski definition) is 2. The molecule has 2 N–H and O–H groups in total. The molecule has 0 saturated carbocycles. The van der Waals surface area contributed by atoms with Crippen LogP contribution in [0.1, 0.15) is 11.3 Å². The van der Waals surface area contributed by atoms with Crippen molar-refractivity contribution in [2.45, 2.75) is 6.92 Å².